The molecule has 4 nitrogen and oxygen atoms in total. The van der Waals surface area contributed by atoms with Gasteiger partial charge in [0.25, 0.3) is 0 Å². The van der Waals surface area contributed by atoms with Gasteiger partial charge in [-0.3, -0.25) is 4.79 Å². The molecule has 0 saturated carbocycles. The van der Waals surface area contributed by atoms with Gasteiger partial charge in [0.05, 0.1) is 11.4 Å². The first-order valence-electron chi connectivity index (χ1n) is 7.10. The fraction of sp³-hybridized carbons (Fsp3) is 0.533. The third-order valence-corrected chi connectivity index (χ3v) is 4.27. The second-order valence-electron chi connectivity index (χ2n) is 5.79. The monoisotopic (exact) mass is 259 g/mol. The van der Waals surface area contributed by atoms with Crippen LogP contribution in [0.15, 0.2) is 12.1 Å². The van der Waals surface area contributed by atoms with Crippen LogP contribution >= 0.6 is 0 Å². The summed E-state index contributed by atoms with van der Waals surface area (Å²) in [4.78, 5) is 13.8. The zero-order valence-electron chi connectivity index (χ0n) is 11.4. The molecule has 1 amide bonds. The molecular formula is C15H21N3O. The number of nitrogens with one attached hydrogen (secondary N) is 1. The predicted octanol–water partition coefficient (Wildman–Crippen LogP) is 2.39. The van der Waals surface area contributed by atoms with Gasteiger partial charge in [0.15, 0.2) is 0 Å². The third-order valence-electron chi connectivity index (χ3n) is 4.27. The number of piperidine rings is 1. The Bertz CT molecular complexity index is 504. The number of benzene rings is 1. The van der Waals surface area contributed by atoms with E-state index in [2.05, 4.69) is 23.2 Å². The fourth-order valence-corrected chi connectivity index (χ4v) is 2.96. The topological polar surface area (TPSA) is 58.4 Å². The van der Waals surface area contributed by atoms with E-state index in [-0.39, 0.29) is 5.91 Å². The number of rotatable bonds is 1. The van der Waals surface area contributed by atoms with E-state index >= 15 is 0 Å². The number of nitrogens with two attached hydrogens (primary N) is 1. The SMILES string of the molecule is CC1CCN(c2cc3c(cc2N)CCC(=O)N3)CC1. The van der Waals surface area contributed by atoms with Crippen LogP contribution in [-0.4, -0.2) is 19.0 Å². The zero-order chi connectivity index (χ0) is 13.4. The molecule has 3 N–H and O–H groups in total. The number of amides is 1. The Morgan fingerprint density at radius 2 is 2.00 bits per heavy atom. The second kappa shape index (κ2) is 4.76. The van der Waals surface area contributed by atoms with Crippen LogP contribution in [0, 0.1) is 5.92 Å². The molecule has 1 aromatic carbocycles. The van der Waals surface area contributed by atoms with Gasteiger partial charge in [-0.2, -0.15) is 0 Å². The lowest BCUT2D eigenvalue weighted by Gasteiger charge is -2.34. The molecule has 0 atom stereocenters. The minimum Gasteiger partial charge on any atom is -0.397 e. The Kier molecular flexibility index (Phi) is 3.09. The summed E-state index contributed by atoms with van der Waals surface area (Å²) in [6, 6.07) is 4.08. The van der Waals surface area contributed by atoms with Gasteiger partial charge in [-0.1, -0.05) is 6.92 Å². The van der Waals surface area contributed by atoms with Gasteiger partial charge in [0.1, 0.15) is 0 Å². The number of carbonyl (C=O) groups is 1. The fourth-order valence-electron chi connectivity index (χ4n) is 2.96. The lowest BCUT2D eigenvalue weighted by Crippen LogP contribution is -2.33. The van der Waals surface area contributed by atoms with Crippen LogP contribution in [0.1, 0.15) is 31.7 Å². The number of fused-ring (bicyclic) bond motifs is 1. The van der Waals surface area contributed by atoms with Crippen LogP contribution in [0.25, 0.3) is 0 Å². The molecule has 2 heterocycles. The van der Waals surface area contributed by atoms with E-state index in [1.165, 1.54) is 12.8 Å². The minimum atomic E-state index is 0.107. The average molecular weight is 259 g/mol. The number of anilines is 3. The van der Waals surface area contributed by atoms with E-state index < -0.39 is 0 Å². The number of carbonyl (C=O) groups excluding carboxylic acids is 1. The van der Waals surface area contributed by atoms with Crippen molar-refractivity contribution >= 4 is 23.0 Å². The van der Waals surface area contributed by atoms with E-state index in [0.717, 1.165) is 48.1 Å². The van der Waals surface area contributed by atoms with Gasteiger partial charge < -0.3 is 16.0 Å². The Morgan fingerprint density at radius 1 is 1.26 bits per heavy atom. The zero-order valence-corrected chi connectivity index (χ0v) is 11.4. The predicted molar refractivity (Wildman–Crippen MR) is 78.4 cm³/mol. The Hall–Kier alpha value is -1.71. The number of hydrogen-bond donors (Lipinski definition) is 2. The van der Waals surface area contributed by atoms with E-state index in [9.17, 15) is 4.79 Å². The molecule has 0 aromatic heterocycles. The molecule has 2 aliphatic rings. The lowest BCUT2D eigenvalue weighted by atomic mass is 9.97. The molecule has 1 saturated heterocycles. The van der Waals surface area contributed by atoms with Crippen molar-refractivity contribution in [2.75, 3.05) is 29.0 Å². The van der Waals surface area contributed by atoms with Crippen LogP contribution in [0.4, 0.5) is 17.1 Å². The Balaban J connectivity index is 1.89. The first-order valence-corrected chi connectivity index (χ1v) is 7.10. The van der Waals surface area contributed by atoms with Gasteiger partial charge in [0.2, 0.25) is 5.91 Å². The van der Waals surface area contributed by atoms with Crippen molar-refractivity contribution in [3.8, 4) is 0 Å². The van der Waals surface area contributed by atoms with E-state index in [1.807, 2.05) is 6.07 Å². The molecule has 19 heavy (non-hydrogen) atoms. The van der Waals surface area contributed by atoms with Crippen LogP contribution in [0.5, 0.6) is 0 Å². The second-order valence-corrected chi connectivity index (χ2v) is 5.79. The highest BCUT2D eigenvalue weighted by molar-refractivity contribution is 5.95. The van der Waals surface area contributed by atoms with Crippen LogP contribution in [0.3, 0.4) is 0 Å². The Morgan fingerprint density at radius 3 is 2.74 bits per heavy atom. The largest absolute Gasteiger partial charge is 0.397 e. The van der Waals surface area contributed by atoms with Gasteiger partial charge in [0, 0.05) is 25.2 Å². The van der Waals surface area contributed by atoms with Gasteiger partial charge in [-0.05, 0) is 42.9 Å². The molecule has 2 aliphatic heterocycles. The summed E-state index contributed by atoms with van der Waals surface area (Å²) in [5.41, 5.74) is 10.2. The molecule has 1 aromatic rings. The molecule has 0 radical (unpaired) electrons. The standard InChI is InChI=1S/C15H21N3O/c1-10-4-6-18(7-5-10)14-9-13-11(8-12(14)16)2-3-15(19)17-13/h8-10H,2-7,16H2,1H3,(H,17,19). The van der Waals surface area contributed by atoms with Crippen molar-refractivity contribution in [2.45, 2.75) is 32.6 Å². The van der Waals surface area contributed by atoms with Crippen molar-refractivity contribution < 1.29 is 4.79 Å². The summed E-state index contributed by atoms with van der Waals surface area (Å²) in [5.74, 6) is 0.908. The van der Waals surface area contributed by atoms with Gasteiger partial charge in [-0.25, -0.2) is 0 Å². The van der Waals surface area contributed by atoms with Gasteiger partial charge in [-0.15, -0.1) is 0 Å². The van der Waals surface area contributed by atoms with Crippen molar-refractivity contribution in [1.29, 1.82) is 0 Å². The minimum absolute atomic E-state index is 0.107. The highest BCUT2D eigenvalue weighted by atomic mass is 16.1. The number of nitrogen functional groups attached to an aromatic ring is 1. The van der Waals surface area contributed by atoms with E-state index in [1.54, 1.807) is 0 Å². The van der Waals surface area contributed by atoms with Crippen molar-refractivity contribution in [3.63, 3.8) is 0 Å². The summed E-state index contributed by atoms with van der Waals surface area (Å²) < 4.78 is 0. The summed E-state index contributed by atoms with van der Waals surface area (Å²) in [7, 11) is 0. The smallest absolute Gasteiger partial charge is 0.224 e. The van der Waals surface area contributed by atoms with E-state index in [0.29, 0.717) is 6.42 Å². The number of hydrogen-bond acceptors (Lipinski definition) is 3. The maximum Gasteiger partial charge on any atom is 0.224 e. The van der Waals surface area contributed by atoms with Crippen molar-refractivity contribution in [3.05, 3.63) is 17.7 Å². The molecular weight excluding hydrogens is 238 g/mol. The molecule has 0 aliphatic carbocycles. The van der Waals surface area contributed by atoms with Gasteiger partial charge >= 0.3 is 0 Å². The quantitative estimate of drug-likeness (QED) is 0.761. The highest BCUT2D eigenvalue weighted by Crippen LogP contribution is 2.35. The van der Waals surface area contributed by atoms with Crippen LogP contribution in [0.2, 0.25) is 0 Å². The van der Waals surface area contributed by atoms with Crippen molar-refractivity contribution in [2.24, 2.45) is 5.92 Å². The maximum absolute atomic E-state index is 11.5. The molecule has 0 spiro atoms. The first kappa shape index (κ1) is 12.3. The van der Waals surface area contributed by atoms with Crippen LogP contribution in [-0.2, 0) is 11.2 Å². The average Bonchev–Trinajstić information content (AvgIpc) is 2.40. The van der Waals surface area contributed by atoms with Crippen LogP contribution < -0.4 is 16.0 Å². The molecule has 3 rings (SSSR count). The normalized spacial score (nSPS) is 20.1. The summed E-state index contributed by atoms with van der Waals surface area (Å²) in [6.45, 7) is 4.41. The molecule has 0 unspecified atom stereocenters. The summed E-state index contributed by atoms with van der Waals surface area (Å²) in [5, 5.41) is 2.95. The first-order chi connectivity index (χ1) is 9.13. The lowest BCUT2D eigenvalue weighted by molar-refractivity contribution is -0.116. The maximum atomic E-state index is 11.5. The summed E-state index contributed by atoms with van der Waals surface area (Å²) in [6.07, 6.45) is 3.78. The molecule has 1 fully saturated rings. The Labute approximate surface area is 114 Å². The molecule has 0 bridgehead atoms. The molecule has 102 valence electrons. The highest BCUT2D eigenvalue weighted by Gasteiger charge is 2.21. The van der Waals surface area contributed by atoms with Crippen molar-refractivity contribution in [1.82, 2.24) is 0 Å². The third kappa shape index (κ3) is 2.39. The number of nitrogens with zero attached hydrogens (tertiary/aromatic N) is 1. The number of aryl methyl sites for hydroxylation is 1. The molecule has 4 heteroatoms. The van der Waals surface area contributed by atoms with E-state index in [4.69, 9.17) is 5.73 Å². The summed E-state index contributed by atoms with van der Waals surface area (Å²) >= 11 is 0.